The molecular weight excluding hydrogens is 487 g/mol. The first-order valence-electron chi connectivity index (χ1n) is 10.4. The first-order valence-corrected chi connectivity index (χ1v) is 10.4. The molecule has 36 heavy (non-hydrogen) atoms. The summed E-state index contributed by atoms with van der Waals surface area (Å²) in [6.45, 7) is 3.01. The summed E-state index contributed by atoms with van der Waals surface area (Å²) >= 11 is 0. The normalized spacial score (nSPS) is 14.9. The average Bonchev–Trinajstić information content (AvgIpc) is 3.60. The van der Waals surface area contributed by atoms with Crippen LogP contribution in [-0.4, -0.2) is 28.6 Å². The molecule has 1 fully saturated rings. The number of hydrogen-bond acceptors (Lipinski definition) is 6. The Morgan fingerprint density at radius 3 is 2.53 bits per heavy atom. The largest absolute Gasteiger partial charge is 0.418 e. The Morgan fingerprint density at radius 1 is 1.22 bits per heavy atom. The lowest BCUT2D eigenvalue weighted by molar-refractivity contribution is -0.137. The minimum Gasteiger partial charge on any atom is -0.404 e. The molecule has 1 aromatic carbocycles. The van der Waals surface area contributed by atoms with Gasteiger partial charge in [0.1, 0.15) is 17.2 Å². The second-order valence-corrected chi connectivity index (χ2v) is 7.74. The molecule has 3 rings (SSSR count). The van der Waals surface area contributed by atoms with Crippen LogP contribution in [0.1, 0.15) is 24.1 Å². The molecule has 1 heterocycles. The highest BCUT2D eigenvalue weighted by molar-refractivity contribution is 6.13. The van der Waals surface area contributed by atoms with E-state index in [1.165, 1.54) is 12.4 Å². The van der Waals surface area contributed by atoms with Crippen molar-refractivity contribution in [3.05, 3.63) is 77.9 Å². The van der Waals surface area contributed by atoms with Crippen LogP contribution in [0.25, 0.3) is 0 Å². The molecule has 2 amide bonds. The molecule has 1 aliphatic carbocycles. The minimum atomic E-state index is -4.84. The molecule has 13 heteroatoms. The fourth-order valence-electron chi connectivity index (χ4n) is 3.16. The van der Waals surface area contributed by atoms with Crippen LogP contribution in [0.4, 0.5) is 33.3 Å². The minimum absolute atomic E-state index is 0.00769. The molecule has 0 spiro atoms. The van der Waals surface area contributed by atoms with E-state index in [1.807, 2.05) is 0 Å². The number of nitrogens with one attached hydrogen (secondary N) is 3. The van der Waals surface area contributed by atoms with Gasteiger partial charge in [0, 0.05) is 24.7 Å². The van der Waals surface area contributed by atoms with E-state index < -0.39 is 46.4 Å². The summed E-state index contributed by atoms with van der Waals surface area (Å²) in [5.74, 6) is -3.35. The van der Waals surface area contributed by atoms with Crippen molar-refractivity contribution in [1.29, 1.82) is 0 Å². The summed E-state index contributed by atoms with van der Waals surface area (Å²) in [4.78, 5) is 32.4. The van der Waals surface area contributed by atoms with Crippen LogP contribution in [0.5, 0.6) is 0 Å². The van der Waals surface area contributed by atoms with Crippen LogP contribution in [-0.2, 0) is 22.3 Å². The number of aromatic nitrogens is 1. The molecule has 0 radical (unpaired) electrons. The van der Waals surface area contributed by atoms with Gasteiger partial charge in [-0.15, -0.1) is 0 Å². The van der Waals surface area contributed by atoms with E-state index in [0.717, 1.165) is 30.6 Å². The second kappa shape index (κ2) is 10.5. The van der Waals surface area contributed by atoms with Crippen molar-refractivity contribution in [3.63, 3.8) is 0 Å². The van der Waals surface area contributed by atoms with E-state index in [-0.39, 0.29) is 23.5 Å². The average molecular weight is 508 g/mol. The Kier molecular flexibility index (Phi) is 7.71. The van der Waals surface area contributed by atoms with Crippen molar-refractivity contribution in [2.45, 2.75) is 31.1 Å². The molecule has 0 atom stereocenters. The number of carbonyl (C=O) groups is 2. The van der Waals surface area contributed by atoms with Crippen molar-refractivity contribution in [3.8, 4) is 0 Å². The number of rotatable bonds is 9. The Hall–Kier alpha value is -4.29. The number of hydrogen-bond donors (Lipinski definition) is 4. The molecule has 1 saturated carbocycles. The molecule has 8 nitrogen and oxygen atoms in total. The molecule has 0 bridgehead atoms. The third-order valence-electron chi connectivity index (χ3n) is 5.22. The molecule has 0 unspecified atom stereocenters. The van der Waals surface area contributed by atoms with Gasteiger partial charge < -0.3 is 21.7 Å². The van der Waals surface area contributed by atoms with E-state index >= 15 is 0 Å². The van der Waals surface area contributed by atoms with E-state index in [2.05, 4.69) is 32.5 Å². The first-order chi connectivity index (χ1) is 17.0. The Morgan fingerprint density at radius 2 is 1.94 bits per heavy atom. The summed E-state index contributed by atoms with van der Waals surface area (Å²) in [6, 6.07) is 3.25. The van der Waals surface area contributed by atoms with Gasteiger partial charge in [0.2, 0.25) is 5.91 Å². The summed E-state index contributed by atoms with van der Waals surface area (Å²) in [5, 5.41) is 7.23. The highest BCUT2D eigenvalue weighted by Gasteiger charge is 2.51. The molecule has 0 aliphatic heterocycles. The van der Waals surface area contributed by atoms with Gasteiger partial charge in [-0.25, -0.2) is 8.78 Å². The van der Waals surface area contributed by atoms with Gasteiger partial charge in [0.15, 0.2) is 0 Å². The zero-order valence-corrected chi connectivity index (χ0v) is 18.6. The van der Waals surface area contributed by atoms with Gasteiger partial charge in [-0.1, -0.05) is 12.6 Å². The first kappa shape index (κ1) is 26.3. The number of alkyl halides is 3. The Balaban J connectivity index is 1.66. The SMILES string of the molecule is C=C/N=C\C(=C/N)C(=O)NC1(C(=O)NCc2ncc(Nc3c(F)cccc3C(F)(F)F)cc2F)CC1. The second-order valence-electron chi connectivity index (χ2n) is 7.74. The lowest BCUT2D eigenvalue weighted by atomic mass is 10.1. The van der Waals surface area contributed by atoms with E-state index in [1.54, 1.807) is 0 Å². The molecule has 0 saturated heterocycles. The molecule has 2 aromatic rings. The quantitative estimate of drug-likeness (QED) is 0.235. The third kappa shape index (κ3) is 6.03. The molecule has 190 valence electrons. The molecular formula is C23H21F5N6O2. The molecule has 1 aromatic heterocycles. The van der Waals surface area contributed by atoms with E-state index in [9.17, 15) is 31.5 Å². The van der Waals surface area contributed by atoms with Crippen molar-refractivity contribution < 1.29 is 31.5 Å². The van der Waals surface area contributed by atoms with Gasteiger partial charge in [0.25, 0.3) is 5.91 Å². The molecule has 1 aliphatic rings. The van der Waals surface area contributed by atoms with Gasteiger partial charge in [-0.05, 0) is 25.0 Å². The number of para-hydroxylation sites is 1. The lowest BCUT2D eigenvalue weighted by Crippen LogP contribution is -2.49. The van der Waals surface area contributed by atoms with Crippen molar-refractivity contribution in [2.24, 2.45) is 10.7 Å². The van der Waals surface area contributed by atoms with Gasteiger partial charge in [-0.2, -0.15) is 13.2 Å². The number of carbonyl (C=O) groups excluding carboxylic acids is 2. The lowest BCUT2D eigenvalue weighted by Gasteiger charge is -2.18. The van der Waals surface area contributed by atoms with Crippen LogP contribution in [0, 0.1) is 11.6 Å². The van der Waals surface area contributed by atoms with E-state index in [0.29, 0.717) is 18.9 Å². The van der Waals surface area contributed by atoms with Gasteiger partial charge in [-0.3, -0.25) is 19.6 Å². The summed E-state index contributed by atoms with van der Waals surface area (Å²) < 4.78 is 68.1. The number of benzene rings is 1. The van der Waals surface area contributed by atoms with Crippen LogP contribution in [0.15, 0.2) is 60.0 Å². The van der Waals surface area contributed by atoms with Crippen molar-refractivity contribution in [1.82, 2.24) is 15.6 Å². The van der Waals surface area contributed by atoms with Gasteiger partial charge >= 0.3 is 6.18 Å². The number of aliphatic imine (C=N–C) groups is 1. The highest BCUT2D eigenvalue weighted by atomic mass is 19.4. The smallest absolute Gasteiger partial charge is 0.404 e. The van der Waals surface area contributed by atoms with Crippen LogP contribution < -0.4 is 21.7 Å². The van der Waals surface area contributed by atoms with Crippen molar-refractivity contribution in [2.75, 3.05) is 5.32 Å². The fraction of sp³-hybridized carbons (Fsp3) is 0.217. The predicted molar refractivity (Wildman–Crippen MR) is 122 cm³/mol. The maximum atomic E-state index is 14.5. The monoisotopic (exact) mass is 508 g/mol. The number of nitrogens with two attached hydrogens (primary N) is 1. The standard InChI is InChI=1S/C23H21F5N6O2/c1-2-30-10-13(9-29)20(35)34-22(6-7-22)21(36)32-12-18-17(25)8-14(11-31-18)33-19-15(23(26,27)28)4-3-5-16(19)24/h2-5,8-11,33H,1,6-7,12,29H2,(H,32,36)(H,34,35)/b13-9+,30-10-. The summed E-state index contributed by atoms with van der Waals surface area (Å²) in [5.41, 5.74) is 1.61. The number of nitrogens with zero attached hydrogens (tertiary/aromatic N) is 2. The van der Waals surface area contributed by atoms with Crippen molar-refractivity contribution >= 4 is 29.4 Å². The summed E-state index contributed by atoms with van der Waals surface area (Å²) in [6.07, 6.45) is 0.226. The third-order valence-corrected chi connectivity index (χ3v) is 5.22. The van der Waals surface area contributed by atoms with E-state index in [4.69, 9.17) is 5.73 Å². The number of halogens is 5. The highest BCUT2D eigenvalue weighted by Crippen LogP contribution is 2.38. The van der Waals surface area contributed by atoms with Crippen LogP contribution >= 0.6 is 0 Å². The maximum absolute atomic E-state index is 14.5. The topological polar surface area (TPSA) is 121 Å². The predicted octanol–water partition coefficient (Wildman–Crippen LogP) is 3.44. The fourth-order valence-corrected chi connectivity index (χ4v) is 3.16. The van der Waals surface area contributed by atoms with Gasteiger partial charge in [0.05, 0.1) is 40.9 Å². The Labute approximate surface area is 202 Å². The maximum Gasteiger partial charge on any atom is 0.418 e. The Bertz CT molecular complexity index is 1240. The van der Waals surface area contributed by atoms with Crippen LogP contribution in [0.3, 0.4) is 0 Å². The van der Waals surface area contributed by atoms with Crippen LogP contribution in [0.2, 0.25) is 0 Å². The number of anilines is 2. The number of pyridine rings is 1. The zero-order valence-electron chi connectivity index (χ0n) is 18.6. The zero-order chi connectivity index (χ0) is 26.5. The number of amides is 2. The summed E-state index contributed by atoms with van der Waals surface area (Å²) in [7, 11) is 0. The molecule has 5 N–H and O–H groups in total.